The number of nitrogens with zero attached hydrogens (tertiary/aromatic N) is 1. The van der Waals surface area contributed by atoms with Crippen molar-refractivity contribution in [3.8, 4) is 0 Å². The fraction of sp³-hybridized carbons (Fsp3) is 0.615. The lowest BCUT2D eigenvalue weighted by atomic mass is 10.00. The number of aryl methyl sites for hydroxylation is 1. The van der Waals surface area contributed by atoms with E-state index in [1.165, 1.54) is 36.1 Å². The standard InChI is InChI=1S/C13H20N2S/c1-10-7-11(9-15-8-10)13(14-2)12-5-3-4-6-16-12/h7-9,12-14H,3-6H2,1-2H3. The van der Waals surface area contributed by atoms with E-state index >= 15 is 0 Å². The van der Waals surface area contributed by atoms with Gasteiger partial charge < -0.3 is 5.32 Å². The molecule has 1 N–H and O–H groups in total. The molecule has 0 spiro atoms. The van der Waals surface area contributed by atoms with Crippen molar-refractivity contribution in [1.82, 2.24) is 10.3 Å². The van der Waals surface area contributed by atoms with Crippen molar-refractivity contribution in [2.75, 3.05) is 12.8 Å². The van der Waals surface area contributed by atoms with E-state index in [1.807, 2.05) is 12.4 Å². The minimum Gasteiger partial charge on any atom is -0.312 e. The summed E-state index contributed by atoms with van der Waals surface area (Å²) in [4.78, 5) is 4.30. The largest absolute Gasteiger partial charge is 0.312 e. The molecule has 1 fully saturated rings. The van der Waals surface area contributed by atoms with Crippen molar-refractivity contribution in [2.24, 2.45) is 0 Å². The molecule has 2 atom stereocenters. The monoisotopic (exact) mass is 236 g/mol. The second-order valence-corrected chi connectivity index (χ2v) is 5.81. The zero-order valence-corrected chi connectivity index (χ0v) is 10.9. The quantitative estimate of drug-likeness (QED) is 0.873. The zero-order valence-electron chi connectivity index (χ0n) is 10.1. The molecule has 16 heavy (non-hydrogen) atoms. The third kappa shape index (κ3) is 2.77. The molecule has 0 aliphatic carbocycles. The van der Waals surface area contributed by atoms with Crippen molar-refractivity contribution in [3.05, 3.63) is 29.6 Å². The highest BCUT2D eigenvalue weighted by molar-refractivity contribution is 8.00. The van der Waals surface area contributed by atoms with Crippen LogP contribution in [0.3, 0.4) is 0 Å². The summed E-state index contributed by atoms with van der Waals surface area (Å²) in [5, 5.41) is 4.16. The molecule has 2 rings (SSSR count). The van der Waals surface area contributed by atoms with E-state index in [-0.39, 0.29) is 0 Å². The molecule has 0 aromatic carbocycles. The summed E-state index contributed by atoms with van der Waals surface area (Å²) in [6.07, 6.45) is 8.00. The van der Waals surface area contributed by atoms with Gasteiger partial charge in [-0.05, 0) is 43.7 Å². The molecule has 2 nitrogen and oxygen atoms in total. The van der Waals surface area contributed by atoms with E-state index in [0.717, 1.165) is 0 Å². The Labute approximate surface area is 102 Å². The number of hydrogen-bond acceptors (Lipinski definition) is 3. The molecule has 0 amide bonds. The molecule has 88 valence electrons. The Morgan fingerprint density at radius 2 is 2.31 bits per heavy atom. The van der Waals surface area contributed by atoms with Crippen LogP contribution in [0.2, 0.25) is 0 Å². The lowest BCUT2D eigenvalue weighted by Gasteiger charge is -2.29. The minimum absolute atomic E-state index is 0.456. The maximum Gasteiger partial charge on any atom is 0.0453 e. The molecule has 1 aliphatic rings. The van der Waals surface area contributed by atoms with Crippen molar-refractivity contribution >= 4 is 11.8 Å². The zero-order chi connectivity index (χ0) is 11.4. The molecule has 0 bridgehead atoms. The fourth-order valence-corrected chi connectivity index (χ4v) is 3.84. The Balaban J connectivity index is 2.14. The van der Waals surface area contributed by atoms with Crippen LogP contribution in [0.15, 0.2) is 18.5 Å². The number of nitrogens with one attached hydrogen (secondary N) is 1. The summed E-state index contributed by atoms with van der Waals surface area (Å²) in [6, 6.07) is 2.71. The van der Waals surface area contributed by atoms with Crippen LogP contribution in [-0.4, -0.2) is 23.0 Å². The predicted octanol–water partition coefficient (Wildman–Crippen LogP) is 2.94. The second-order valence-electron chi connectivity index (χ2n) is 4.47. The van der Waals surface area contributed by atoms with Gasteiger partial charge in [-0.15, -0.1) is 0 Å². The molecular formula is C13H20N2S. The first kappa shape index (κ1) is 11.9. The van der Waals surface area contributed by atoms with E-state index < -0.39 is 0 Å². The van der Waals surface area contributed by atoms with Crippen LogP contribution in [0, 0.1) is 6.92 Å². The van der Waals surface area contributed by atoms with Gasteiger partial charge in [0.25, 0.3) is 0 Å². The van der Waals surface area contributed by atoms with Crippen LogP contribution < -0.4 is 5.32 Å². The Morgan fingerprint density at radius 3 is 2.94 bits per heavy atom. The molecule has 0 radical (unpaired) electrons. The molecule has 1 aromatic heterocycles. The lowest BCUT2D eigenvalue weighted by molar-refractivity contribution is 0.515. The van der Waals surface area contributed by atoms with Crippen molar-refractivity contribution in [2.45, 2.75) is 37.5 Å². The molecule has 1 aromatic rings. The third-order valence-electron chi connectivity index (χ3n) is 3.15. The molecule has 2 unspecified atom stereocenters. The van der Waals surface area contributed by atoms with Crippen LogP contribution in [-0.2, 0) is 0 Å². The van der Waals surface area contributed by atoms with E-state index in [9.17, 15) is 0 Å². The summed E-state index contributed by atoms with van der Waals surface area (Å²) >= 11 is 2.11. The van der Waals surface area contributed by atoms with Crippen molar-refractivity contribution in [3.63, 3.8) is 0 Å². The predicted molar refractivity (Wildman–Crippen MR) is 70.9 cm³/mol. The van der Waals surface area contributed by atoms with E-state index in [2.05, 4.69) is 42.1 Å². The first-order chi connectivity index (χ1) is 7.81. The highest BCUT2D eigenvalue weighted by Crippen LogP contribution is 2.34. The fourth-order valence-electron chi connectivity index (χ4n) is 2.34. The molecule has 2 heterocycles. The van der Waals surface area contributed by atoms with E-state index in [1.54, 1.807) is 0 Å². The Hall–Kier alpha value is -0.540. The summed E-state index contributed by atoms with van der Waals surface area (Å²) in [5.41, 5.74) is 2.58. The van der Waals surface area contributed by atoms with E-state index in [0.29, 0.717) is 11.3 Å². The number of aromatic nitrogens is 1. The number of hydrogen-bond donors (Lipinski definition) is 1. The summed E-state index contributed by atoms with van der Waals surface area (Å²) in [5.74, 6) is 1.31. The topological polar surface area (TPSA) is 24.9 Å². The van der Waals surface area contributed by atoms with Crippen LogP contribution >= 0.6 is 11.8 Å². The number of pyridine rings is 1. The van der Waals surface area contributed by atoms with Gasteiger partial charge in [0.05, 0.1) is 0 Å². The third-order valence-corrected chi connectivity index (χ3v) is 4.61. The van der Waals surface area contributed by atoms with Gasteiger partial charge in [0.2, 0.25) is 0 Å². The van der Waals surface area contributed by atoms with Gasteiger partial charge in [-0.1, -0.05) is 12.5 Å². The summed E-state index contributed by atoms with van der Waals surface area (Å²) in [6.45, 7) is 2.11. The van der Waals surface area contributed by atoms with Crippen LogP contribution in [0.5, 0.6) is 0 Å². The molecule has 0 saturated carbocycles. The SMILES string of the molecule is CNC(c1cncc(C)c1)C1CCCCS1. The Bertz CT molecular complexity index is 334. The van der Waals surface area contributed by atoms with Gasteiger partial charge in [0.1, 0.15) is 0 Å². The van der Waals surface area contributed by atoms with Crippen molar-refractivity contribution < 1.29 is 0 Å². The van der Waals surface area contributed by atoms with Crippen LogP contribution in [0.4, 0.5) is 0 Å². The van der Waals surface area contributed by atoms with Gasteiger partial charge in [-0.3, -0.25) is 4.98 Å². The lowest BCUT2D eigenvalue weighted by Crippen LogP contribution is -2.29. The molecular weight excluding hydrogens is 216 g/mol. The Morgan fingerprint density at radius 1 is 1.44 bits per heavy atom. The van der Waals surface area contributed by atoms with Gasteiger partial charge in [-0.25, -0.2) is 0 Å². The normalized spacial score (nSPS) is 23.0. The maximum atomic E-state index is 4.30. The van der Waals surface area contributed by atoms with E-state index in [4.69, 9.17) is 0 Å². The summed E-state index contributed by atoms with van der Waals surface area (Å²) < 4.78 is 0. The second kappa shape index (κ2) is 5.69. The van der Waals surface area contributed by atoms with Gasteiger partial charge in [0.15, 0.2) is 0 Å². The highest BCUT2D eigenvalue weighted by Gasteiger charge is 2.24. The minimum atomic E-state index is 0.456. The summed E-state index contributed by atoms with van der Waals surface area (Å²) in [7, 11) is 2.06. The first-order valence-electron chi connectivity index (χ1n) is 6.01. The average molecular weight is 236 g/mol. The van der Waals surface area contributed by atoms with Gasteiger partial charge in [0, 0.05) is 23.7 Å². The van der Waals surface area contributed by atoms with Crippen molar-refractivity contribution in [1.29, 1.82) is 0 Å². The maximum absolute atomic E-state index is 4.30. The van der Waals surface area contributed by atoms with Crippen LogP contribution in [0.25, 0.3) is 0 Å². The smallest absolute Gasteiger partial charge is 0.0453 e. The number of thioether (sulfide) groups is 1. The molecule has 1 aliphatic heterocycles. The van der Waals surface area contributed by atoms with Gasteiger partial charge in [-0.2, -0.15) is 11.8 Å². The highest BCUT2D eigenvalue weighted by atomic mass is 32.2. The van der Waals surface area contributed by atoms with Crippen LogP contribution in [0.1, 0.15) is 36.4 Å². The molecule has 3 heteroatoms. The van der Waals surface area contributed by atoms with Gasteiger partial charge >= 0.3 is 0 Å². The number of rotatable bonds is 3. The Kier molecular flexibility index (Phi) is 4.24. The molecule has 1 saturated heterocycles. The first-order valence-corrected chi connectivity index (χ1v) is 7.06. The average Bonchev–Trinajstić information content (AvgIpc) is 2.31.